The molecule has 0 radical (unpaired) electrons. The minimum absolute atomic E-state index is 0.00776. The molecule has 6 heteroatoms. The first-order chi connectivity index (χ1) is 10.2. The number of ether oxygens (including phenoxy) is 2. The van der Waals surface area contributed by atoms with Crippen LogP contribution in [0.1, 0.15) is 18.5 Å². The Hall–Kier alpha value is -1.79. The molecule has 2 aromatic rings. The topological polar surface area (TPSA) is 62.1 Å². The molecule has 0 saturated carbocycles. The van der Waals surface area contributed by atoms with Gasteiger partial charge in [0.15, 0.2) is 0 Å². The van der Waals surface area contributed by atoms with E-state index in [0.29, 0.717) is 0 Å². The highest BCUT2D eigenvalue weighted by atomic mass is 16.6. The van der Waals surface area contributed by atoms with Crippen LogP contribution in [0.15, 0.2) is 24.4 Å². The second-order valence-electron chi connectivity index (χ2n) is 5.94. The summed E-state index contributed by atoms with van der Waals surface area (Å²) in [6, 6.07) is 5.91. The summed E-state index contributed by atoms with van der Waals surface area (Å²) in [6.45, 7) is 4.18. The first-order valence-corrected chi connectivity index (χ1v) is 7.32. The summed E-state index contributed by atoms with van der Waals surface area (Å²) in [6.07, 6.45) is 4.28. The van der Waals surface area contributed by atoms with Gasteiger partial charge in [0.1, 0.15) is 11.3 Å². The Morgan fingerprint density at radius 3 is 2.95 bits per heavy atom. The molecule has 0 aromatic carbocycles. The van der Waals surface area contributed by atoms with Crippen molar-refractivity contribution in [2.75, 3.05) is 13.2 Å². The van der Waals surface area contributed by atoms with Gasteiger partial charge in [0, 0.05) is 5.69 Å². The van der Waals surface area contributed by atoms with Gasteiger partial charge in [-0.15, -0.1) is 5.10 Å². The fourth-order valence-corrected chi connectivity index (χ4v) is 2.97. The number of nitrogens with zero attached hydrogens (tertiary/aromatic N) is 4. The highest BCUT2D eigenvalue weighted by molar-refractivity contribution is 5.52. The average Bonchev–Trinajstić information content (AvgIpc) is 3.06. The van der Waals surface area contributed by atoms with Crippen LogP contribution in [-0.2, 0) is 16.0 Å². The molecule has 21 heavy (non-hydrogen) atoms. The second kappa shape index (κ2) is 4.89. The molecule has 0 N–H and O–H groups in total. The first kappa shape index (κ1) is 12.9. The Kier molecular flexibility index (Phi) is 3.01. The van der Waals surface area contributed by atoms with Crippen molar-refractivity contribution >= 4 is 0 Å². The Morgan fingerprint density at radius 2 is 2.24 bits per heavy atom. The average molecular weight is 286 g/mol. The zero-order valence-electron chi connectivity index (χ0n) is 12.0. The third-order valence-corrected chi connectivity index (χ3v) is 4.15. The molecule has 2 fully saturated rings. The van der Waals surface area contributed by atoms with Crippen molar-refractivity contribution in [3.05, 3.63) is 30.1 Å². The maximum absolute atomic E-state index is 6.09. The Morgan fingerprint density at radius 1 is 1.33 bits per heavy atom. The highest BCUT2D eigenvalue weighted by Crippen LogP contribution is 2.36. The summed E-state index contributed by atoms with van der Waals surface area (Å²) < 4.78 is 13.2. The summed E-state index contributed by atoms with van der Waals surface area (Å²) in [5.74, 6) is 0. The fraction of sp³-hybridized carbons (Fsp3) is 0.533. The monoisotopic (exact) mass is 286 g/mol. The Balaban J connectivity index is 1.45. The predicted octanol–water partition coefficient (Wildman–Crippen LogP) is 1.60. The van der Waals surface area contributed by atoms with Gasteiger partial charge in [0.2, 0.25) is 0 Å². The van der Waals surface area contributed by atoms with Gasteiger partial charge >= 0.3 is 0 Å². The molecule has 2 aliphatic heterocycles. The summed E-state index contributed by atoms with van der Waals surface area (Å²) in [4.78, 5) is 4.47. The lowest BCUT2D eigenvalue weighted by atomic mass is 9.98. The van der Waals surface area contributed by atoms with Crippen molar-refractivity contribution in [2.45, 2.75) is 38.0 Å². The van der Waals surface area contributed by atoms with Crippen LogP contribution in [0.4, 0.5) is 0 Å². The SMILES string of the molecule is Cc1cccc(-c2cn(CC3CCC4(COC4)O3)nn2)n1. The lowest BCUT2D eigenvalue weighted by Gasteiger charge is -2.37. The summed E-state index contributed by atoms with van der Waals surface area (Å²) in [7, 11) is 0. The molecule has 0 amide bonds. The van der Waals surface area contributed by atoms with Crippen LogP contribution in [0, 0.1) is 6.92 Å². The van der Waals surface area contributed by atoms with Crippen LogP contribution in [0.3, 0.4) is 0 Å². The molecule has 0 bridgehead atoms. The smallest absolute Gasteiger partial charge is 0.131 e. The van der Waals surface area contributed by atoms with Gasteiger partial charge in [-0.05, 0) is 31.9 Å². The van der Waals surface area contributed by atoms with Crippen molar-refractivity contribution in [3.63, 3.8) is 0 Å². The molecule has 2 saturated heterocycles. The molecule has 4 heterocycles. The number of hydrogen-bond acceptors (Lipinski definition) is 5. The van der Waals surface area contributed by atoms with E-state index in [1.807, 2.05) is 36.0 Å². The molecular formula is C15H18N4O2. The van der Waals surface area contributed by atoms with E-state index in [0.717, 1.165) is 49.7 Å². The summed E-state index contributed by atoms with van der Waals surface area (Å²) in [5.41, 5.74) is 2.63. The Labute approximate surface area is 123 Å². The van der Waals surface area contributed by atoms with Gasteiger partial charge < -0.3 is 9.47 Å². The van der Waals surface area contributed by atoms with Crippen LogP contribution >= 0.6 is 0 Å². The number of rotatable bonds is 3. The van der Waals surface area contributed by atoms with Gasteiger partial charge in [-0.3, -0.25) is 4.98 Å². The van der Waals surface area contributed by atoms with E-state index in [1.54, 1.807) is 0 Å². The number of aromatic nitrogens is 4. The lowest BCUT2D eigenvalue weighted by Crippen LogP contribution is -2.49. The normalized spacial score (nSPS) is 23.4. The molecule has 6 nitrogen and oxygen atoms in total. The zero-order valence-corrected chi connectivity index (χ0v) is 12.0. The van der Waals surface area contributed by atoms with Crippen LogP contribution < -0.4 is 0 Å². The third-order valence-electron chi connectivity index (χ3n) is 4.15. The van der Waals surface area contributed by atoms with Gasteiger partial charge in [0.05, 0.1) is 37.8 Å². The molecular weight excluding hydrogens is 268 g/mol. The number of pyridine rings is 1. The molecule has 1 atom stereocenters. The molecule has 2 aliphatic rings. The van der Waals surface area contributed by atoms with Crippen molar-refractivity contribution in [1.82, 2.24) is 20.0 Å². The van der Waals surface area contributed by atoms with E-state index >= 15 is 0 Å². The fourth-order valence-electron chi connectivity index (χ4n) is 2.97. The van der Waals surface area contributed by atoms with E-state index in [4.69, 9.17) is 9.47 Å². The first-order valence-electron chi connectivity index (χ1n) is 7.32. The molecule has 4 rings (SSSR count). The van der Waals surface area contributed by atoms with Gasteiger partial charge in [0.25, 0.3) is 0 Å². The van der Waals surface area contributed by atoms with Gasteiger partial charge in [-0.25, -0.2) is 4.68 Å². The molecule has 110 valence electrons. The largest absolute Gasteiger partial charge is 0.375 e. The van der Waals surface area contributed by atoms with Crippen LogP contribution in [0.25, 0.3) is 11.4 Å². The van der Waals surface area contributed by atoms with E-state index in [2.05, 4.69) is 15.3 Å². The van der Waals surface area contributed by atoms with E-state index in [-0.39, 0.29) is 11.7 Å². The number of aryl methyl sites for hydroxylation is 1. The van der Waals surface area contributed by atoms with Crippen LogP contribution in [0.5, 0.6) is 0 Å². The maximum Gasteiger partial charge on any atom is 0.131 e. The molecule has 1 unspecified atom stereocenters. The predicted molar refractivity (Wildman–Crippen MR) is 75.6 cm³/mol. The summed E-state index contributed by atoms with van der Waals surface area (Å²) in [5, 5.41) is 8.40. The van der Waals surface area contributed by atoms with Crippen LogP contribution in [0.2, 0.25) is 0 Å². The quantitative estimate of drug-likeness (QED) is 0.857. The van der Waals surface area contributed by atoms with E-state index < -0.39 is 0 Å². The lowest BCUT2D eigenvalue weighted by molar-refractivity contribution is -0.201. The maximum atomic E-state index is 6.09. The van der Waals surface area contributed by atoms with Gasteiger partial charge in [-0.1, -0.05) is 11.3 Å². The Bertz CT molecular complexity index is 651. The van der Waals surface area contributed by atoms with E-state index in [1.165, 1.54) is 0 Å². The van der Waals surface area contributed by atoms with Crippen LogP contribution in [-0.4, -0.2) is 44.9 Å². The summed E-state index contributed by atoms with van der Waals surface area (Å²) >= 11 is 0. The molecule has 1 spiro atoms. The minimum Gasteiger partial charge on any atom is -0.375 e. The van der Waals surface area contributed by atoms with Crippen molar-refractivity contribution < 1.29 is 9.47 Å². The zero-order chi connectivity index (χ0) is 14.3. The van der Waals surface area contributed by atoms with Gasteiger partial charge in [-0.2, -0.15) is 0 Å². The molecule has 2 aromatic heterocycles. The second-order valence-corrected chi connectivity index (χ2v) is 5.94. The van der Waals surface area contributed by atoms with E-state index in [9.17, 15) is 0 Å². The minimum atomic E-state index is -0.00776. The van der Waals surface area contributed by atoms with Crippen molar-refractivity contribution in [1.29, 1.82) is 0 Å². The third kappa shape index (κ3) is 2.45. The van der Waals surface area contributed by atoms with Crippen molar-refractivity contribution in [3.8, 4) is 11.4 Å². The number of hydrogen-bond donors (Lipinski definition) is 0. The van der Waals surface area contributed by atoms with Crippen molar-refractivity contribution in [2.24, 2.45) is 0 Å². The standard InChI is InChI=1S/C15H18N4O2/c1-11-3-2-4-13(16-11)14-8-19(18-17-14)7-12-5-6-15(21-12)9-20-10-15/h2-4,8,12H,5-7,9-10H2,1H3. The highest BCUT2D eigenvalue weighted by Gasteiger charge is 2.46. The molecule has 0 aliphatic carbocycles.